The van der Waals surface area contributed by atoms with Gasteiger partial charge < -0.3 is 5.16 Å². The van der Waals surface area contributed by atoms with Gasteiger partial charge in [0.25, 0.3) is 0 Å². The maximum atomic E-state index is 7.00. The van der Waals surface area contributed by atoms with E-state index in [1.165, 1.54) is 0 Å². The maximum absolute atomic E-state index is 7.00. The summed E-state index contributed by atoms with van der Waals surface area (Å²) in [4.78, 5) is 0. The largest absolute Gasteiger partial charge is 0.329 e. The molecule has 0 aliphatic carbocycles. The minimum Gasteiger partial charge on any atom is -0.329 e. The summed E-state index contributed by atoms with van der Waals surface area (Å²) in [7, 11) is -0.833. The van der Waals surface area contributed by atoms with Gasteiger partial charge in [0.15, 0.2) is 0 Å². The SMILES string of the molecule is C[Si](C)(C)[PH2]=N. The van der Waals surface area contributed by atoms with E-state index in [9.17, 15) is 0 Å². The number of rotatable bonds is 1. The molecule has 0 aliphatic heterocycles. The molecule has 1 nitrogen and oxygen atoms in total. The maximum Gasteiger partial charge on any atom is 0.0854 e. The van der Waals surface area contributed by atoms with E-state index in [0.717, 1.165) is 0 Å². The fourth-order valence-corrected chi connectivity index (χ4v) is 0. The zero-order valence-electron chi connectivity index (χ0n) is 4.58. The van der Waals surface area contributed by atoms with Crippen LogP contribution in [0.1, 0.15) is 0 Å². The molecule has 3 heteroatoms. The Morgan fingerprint density at radius 1 is 1.33 bits per heavy atom. The second kappa shape index (κ2) is 1.94. The third-order valence-electron chi connectivity index (χ3n) is 0.433. The fraction of sp³-hybridized carbons (Fsp3) is 1.00. The van der Waals surface area contributed by atoms with Crippen LogP contribution in [0.3, 0.4) is 0 Å². The van der Waals surface area contributed by atoms with Gasteiger partial charge >= 0.3 is 0 Å². The Balaban J connectivity index is 3.45. The Kier molecular flexibility index (Phi) is 2.09. The third kappa shape index (κ3) is 4.45. The normalized spacial score (nSPS) is 13.8. The second-order valence-electron chi connectivity index (χ2n) is 2.51. The van der Waals surface area contributed by atoms with Crippen molar-refractivity contribution in [2.45, 2.75) is 19.6 Å². The van der Waals surface area contributed by atoms with Crippen molar-refractivity contribution in [3.05, 3.63) is 0 Å². The highest BCUT2D eigenvalue weighted by molar-refractivity contribution is 7.73. The molecular formula is C3H12NPSi. The highest BCUT2D eigenvalue weighted by Crippen LogP contribution is 2.14. The van der Waals surface area contributed by atoms with Crippen LogP contribution < -0.4 is 0 Å². The minimum absolute atomic E-state index is 0.0486. The van der Waals surface area contributed by atoms with Gasteiger partial charge in [-0.2, -0.15) is 0 Å². The van der Waals surface area contributed by atoms with Crippen LogP contribution in [-0.2, 0) is 0 Å². The molecule has 0 bridgehead atoms. The molecule has 0 rings (SSSR count). The summed E-state index contributed by atoms with van der Waals surface area (Å²) in [5, 5.41) is 7.00. The van der Waals surface area contributed by atoms with E-state index >= 15 is 0 Å². The van der Waals surface area contributed by atoms with Gasteiger partial charge in [-0.3, -0.25) is 0 Å². The Morgan fingerprint density at radius 3 is 1.50 bits per heavy atom. The summed E-state index contributed by atoms with van der Waals surface area (Å²) in [5.41, 5.74) is 0. The van der Waals surface area contributed by atoms with E-state index in [1.54, 1.807) is 0 Å². The average Bonchev–Trinajstić information content (AvgIpc) is 1.35. The van der Waals surface area contributed by atoms with E-state index < -0.39 is 7.74 Å². The molecule has 0 saturated heterocycles. The van der Waals surface area contributed by atoms with Crippen molar-refractivity contribution in [3.8, 4) is 0 Å². The summed E-state index contributed by atoms with van der Waals surface area (Å²) >= 11 is 0. The molecule has 1 unspecified atom stereocenters. The van der Waals surface area contributed by atoms with Gasteiger partial charge in [-0.1, -0.05) is 27.6 Å². The molecule has 0 aromatic heterocycles. The van der Waals surface area contributed by atoms with Gasteiger partial charge in [-0.05, 0) is 0 Å². The third-order valence-corrected chi connectivity index (χ3v) is 3.90. The number of nitrogens with one attached hydrogen (secondary N) is 1. The molecule has 0 aromatic rings. The van der Waals surface area contributed by atoms with E-state index in [0.29, 0.717) is 0 Å². The Morgan fingerprint density at radius 2 is 1.50 bits per heavy atom. The van der Waals surface area contributed by atoms with E-state index in [-0.39, 0.29) is 7.92 Å². The molecule has 0 aromatic carbocycles. The highest BCUT2D eigenvalue weighted by atomic mass is 31.3. The van der Waals surface area contributed by atoms with E-state index in [2.05, 4.69) is 19.6 Å². The van der Waals surface area contributed by atoms with Gasteiger partial charge in [0.1, 0.15) is 0 Å². The molecule has 0 aliphatic rings. The molecule has 0 amide bonds. The first-order valence-corrected chi connectivity index (χ1v) is 7.96. The van der Waals surface area contributed by atoms with Gasteiger partial charge in [-0.15, -0.1) is 0 Å². The van der Waals surface area contributed by atoms with Gasteiger partial charge in [-0.25, -0.2) is 0 Å². The van der Waals surface area contributed by atoms with Crippen molar-refractivity contribution in [1.29, 1.82) is 5.16 Å². The Labute approximate surface area is 41.3 Å². The van der Waals surface area contributed by atoms with Crippen LogP contribution >= 0.6 is 7.92 Å². The average molecular weight is 121 g/mol. The number of hydrogen-bond acceptors (Lipinski definition) is 1. The summed E-state index contributed by atoms with van der Waals surface area (Å²) in [5.74, 6) is 0. The molecule has 0 fully saturated rings. The van der Waals surface area contributed by atoms with Crippen LogP contribution in [0.5, 0.6) is 0 Å². The quantitative estimate of drug-likeness (QED) is 0.405. The van der Waals surface area contributed by atoms with Crippen LogP contribution in [0.4, 0.5) is 0 Å². The fourth-order valence-electron chi connectivity index (χ4n) is 0. The van der Waals surface area contributed by atoms with Gasteiger partial charge in [0, 0.05) is 0 Å². The first kappa shape index (κ1) is 6.45. The van der Waals surface area contributed by atoms with Crippen LogP contribution in [-0.4, -0.2) is 7.74 Å². The monoisotopic (exact) mass is 121 g/mol. The Bertz CT molecular complexity index is 56.3. The summed E-state index contributed by atoms with van der Waals surface area (Å²) < 4.78 is 0. The Hall–Kier alpha value is 0.447. The molecule has 0 saturated carbocycles. The molecular weight excluding hydrogens is 109 g/mol. The molecule has 0 heterocycles. The second-order valence-corrected chi connectivity index (χ2v) is 13.6. The lowest BCUT2D eigenvalue weighted by atomic mass is 11.8. The number of hydrogen-bond donors (Lipinski definition) is 1. The van der Waals surface area contributed by atoms with Crippen molar-refractivity contribution in [3.63, 3.8) is 0 Å². The van der Waals surface area contributed by atoms with Crippen LogP contribution in [0.15, 0.2) is 0 Å². The van der Waals surface area contributed by atoms with Crippen LogP contribution in [0.25, 0.3) is 0 Å². The van der Waals surface area contributed by atoms with Crippen LogP contribution in [0, 0.1) is 5.16 Å². The molecule has 6 heavy (non-hydrogen) atoms. The zero-order chi connectivity index (χ0) is 5.21. The van der Waals surface area contributed by atoms with Gasteiger partial charge in [0.05, 0.1) is 7.74 Å². The predicted octanol–water partition coefficient (Wildman–Crippen LogP) is 1.99. The topological polar surface area (TPSA) is 23.9 Å². The molecule has 1 N–H and O–H groups in total. The highest BCUT2D eigenvalue weighted by Gasteiger charge is 2.04. The van der Waals surface area contributed by atoms with Crippen LogP contribution in [0.2, 0.25) is 19.6 Å². The standard InChI is InChI=1S/C3H12NPSi/c1-6(2,3)5-4/h4H,5H2,1-3H3. The smallest absolute Gasteiger partial charge is 0.0854 e. The van der Waals surface area contributed by atoms with Crippen molar-refractivity contribution < 1.29 is 0 Å². The molecule has 1 atom stereocenters. The summed E-state index contributed by atoms with van der Waals surface area (Å²) in [6.07, 6.45) is 0. The first-order valence-electron chi connectivity index (χ1n) is 2.08. The molecule has 38 valence electrons. The molecule has 0 spiro atoms. The predicted molar refractivity (Wildman–Crippen MR) is 35.8 cm³/mol. The lowest BCUT2D eigenvalue weighted by Gasteiger charge is -2.03. The van der Waals surface area contributed by atoms with Crippen molar-refractivity contribution >= 4 is 15.7 Å². The van der Waals surface area contributed by atoms with E-state index in [4.69, 9.17) is 5.16 Å². The lowest BCUT2D eigenvalue weighted by Crippen LogP contribution is -2.07. The lowest BCUT2D eigenvalue weighted by molar-refractivity contribution is 1.64. The zero-order valence-corrected chi connectivity index (χ0v) is 6.73. The minimum atomic E-state index is -0.881. The van der Waals surface area contributed by atoms with Crippen molar-refractivity contribution in [1.82, 2.24) is 0 Å². The molecule has 0 radical (unpaired) electrons. The summed E-state index contributed by atoms with van der Waals surface area (Å²) in [6, 6.07) is 0. The van der Waals surface area contributed by atoms with Gasteiger partial charge in [0.2, 0.25) is 0 Å². The van der Waals surface area contributed by atoms with Crippen molar-refractivity contribution in [2.24, 2.45) is 0 Å². The first-order chi connectivity index (χ1) is 2.56. The summed E-state index contributed by atoms with van der Waals surface area (Å²) in [6.45, 7) is 6.69. The van der Waals surface area contributed by atoms with Crippen molar-refractivity contribution in [2.75, 3.05) is 0 Å². The van der Waals surface area contributed by atoms with E-state index in [1.807, 2.05) is 0 Å².